The Balaban J connectivity index is 1.72. The molecule has 0 aliphatic heterocycles. The van der Waals surface area contributed by atoms with Crippen molar-refractivity contribution in [3.05, 3.63) is 52.0 Å². The van der Waals surface area contributed by atoms with E-state index in [4.69, 9.17) is 21.1 Å². The predicted octanol–water partition coefficient (Wildman–Crippen LogP) is 4.01. The minimum absolute atomic E-state index is 0.0825. The van der Waals surface area contributed by atoms with E-state index in [-0.39, 0.29) is 18.7 Å². The van der Waals surface area contributed by atoms with Crippen LogP contribution in [0.5, 0.6) is 5.75 Å². The van der Waals surface area contributed by atoms with Gasteiger partial charge in [-0.05, 0) is 46.3 Å². The zero-order valence-electron chi connectivity index (χ0n) is 15.0. The number of methoxy groups -OCH3 is 1. The lowest BCUT2D eigenvalue weighted by Crippen LogP contribution is -2.21. The number of para-hydroxylation sites is 2. The Morgan fingerprint density at radius 3 is 2.50 bits per heavy atom. The number of hydrogen-bond acceptors (Lipinski definition) is 5. The number of benzene rings is 2. The van der Waals surface area contributed by atoms with Crippen LogP contribution in [0.2, 0.25) is 5.02 Å². The molecular formula is C19H18BrClN2O5. The van der Waals surface area contributed by atoms with E-state index in [0.29, 0.717) is 26.6 Å². The largest absolute Gasteiger partial charge is 0.495 e. The fraction of sp³-hybridized carbons (Fsp3) is 0.211. The maximum Gasteiger partial charge on any atom is 0.306 e. The Labute approximate surface area is 175 Å². The summed E-state index contributed by atoms with van der Waals surface area (Å²) >= 11 is 9.19. The molecule has 2 N–H and O–H groups in total. The van der Waals surface area contributed by atoms with Gasteiger partial charge in [0.05, 0.1) is 24.2 Å². The van der Waals surface area contributed by atoms with Crippen molar-refractivity contribution in [2.45, 2.75) is 12.8 Å². The van der Waals surface area contributed by atoms with Gasteiger partial charge in [0.1, 0.15) is 5.75 Å². The maximum absolute atomic E-state index is 12.0. The van der Waals surface area contributed by atoms with Crippen molar-refractivity contribution >= 4 is 56.7 Å². The van der Waals surface area contributed by atoms with Gasteiger partial charge in [-0.2, -0.15) is 0 Å². The van der Waals surface area contributed by atoms with Crippen molar-refractivity contribution < 1.29 is 23.9 Å². The van der Waals surface area contributed by atoms with Gasteiger partial charge >= 0.3 is 5.97 Å². The number of carbonyl (C=O) groups is 3. The molecule has 0 aliphatic carbocycles. The average Bonchev–Trinajstić information content (AvgIpc) is 2.68. The van der Waals surface area contributed by atoms with Crippen molar-refractivity contribution in [1.29, 1.82) is 0 Å². The summed E-state index contributed by atoms with van der Waals surface area (Å²) in [6.07, 6.45) is -0.237. The van der Waals surface area contributed by atoms with Crippen LogP contribution >= 0.6 is 27.5 Å². The third kappa shape index (κ3) is 6.86. The smallest absolute Gasteiger partial charge is 0.306 e. The molecule has 7 nitrogen and oxygen atoms in total. The van der Waals surface area contributed by atoms with Crippen molar-refractivity contribution in [2.24, 2.45) is 0 Å². The number of carbonyl (C=O) groups excluding carboxylic acids is 3. The number of hydrogen-bond donors (Lipinski definition) is 2. The third-order valence-electron chi connectivity index (χ3n) is 3.50. The molecule has 0 saturated carbocycles. The molecule has 2 aromatic carbocycles. The van der Waals surface area contributed by atoms with Gasteiger partial charge in [0, 0.05) is 16.6 Å². The van der Waals surface area contributed by atoms with E-state index in [1.807, 2.05) is 0 Å². The SMILES string of the molecule is COc1ccccc1NC(=O)CCC(=O)OCC(=O)Nc1ccc(Br)c(Cl)c1. The summed E-state index contributed by atoms with van der Waals surface area (Å²) in [7, 11) is 1.50. The van der Waals surface area contributed by atoms with Crippen LogP contribution in [0.3, 0.4) is 0 Å². The highest BCUT2D eigenvalue weighted by Crippen LogP contribution is 2.25. The second-order valence-corrected chi connectivity index (χ2v) is 6.85. The number of amides is 2. The molecule has 28 heavy (non-hydrogen) atoms. The van der Waals surface area contributed by atoms with Crippen LogP contribution in [0.1, 0.15) is 12.8 Å². The summed E-state index contributed by atoms with van der Waals surface area (Å²) in [5, 5.41) is 5.66. The molecule has 0 aromatic heterocycles. The fourth-order valence-electron chi connectivity index (χ4n) is 2.17. The van der Waals surface area contributed by atoms with Crippen LogP contribution in [0.4, 0.5) is 11.4 Å². The monoisotopic (exact) mass is 468 g/mol. The molecule has 0 fully saturated rings. The van der Waals surface area contributed by atoms with Gasteiger partial charge in [0.25, 0.3) is 5.91 Å². The van der Waals surface area contributed by atoms with Gasteiger partial charge in [0.2, 0.25) is 5.91 Å². The highest BCUT2D eigenvalue weighted by atomic mass is 79.9. The molecule has 0 unspecified atom stereocenters. The molecule has 0 saturated heterocycles. The molecule has 2 aromatic rings. The lowest BCUT2D eigenvalue weighted by atomic mass is 10.2. The molecular weight excluding hydrogens is 452 g/mol. The molecule has 0 heterocycles. The Morgan fingerprint density at radius 1 is 1.04 bits per heavy atom. The standard InChI is InChI=1S/C19H18BrClN2O5/c1-27-16-5-3-2-4-15(16)23-17(24)8-9-19(26)28-11-18(25)22-12-6-7-13(20)14(21)10-12/h2-7,10H,8-9,11H2,1H3,(H,22,25)(H,23,24). The van der Waals surface area contributed by atoms with Crippen LogP contribution in [0.15, 0.2) is 46.9 Å². The predicted molar refractivity (Wildman–Crippen MR) is 110 cm³/mol. The normalized spacial score (nSPS) is 10.1. The van der Waals surface area contributed by atoms with E-state index in [1.54, 1.807) is 42.5 Å². The molecule has 0 spiro atoms. The first kappa shape index (κ1) is 21.7. The zero-order valence-corrected chi connectivity index (χ0v) is 17.3. The topological polar surface area (TPSA) is 93.7 Å². The Kier molecular flexibility index (Phi) is 8.28. The van der Waals surface area contributed by atoms with Crippen LogP contribution in [-0.2, 0) is 19.1 Å². The van der Waals surface area contributed by atoms with Gasteiger partial charge in [-0.3, -0.25) is 14.4 Å². The number of ether oxygens (including phenoxy) is 2. The van der Waals surface area contributed by atoms with Crippen molar-refractivity contribution in [3.8, 4) is 5.75 Å². The highest BCUT2D eigenvalue weighted by molar-refractivity contribution is 9.10. The van der Waals surface area contributed by atoms with Gasteiger partial charge in [-0.15, -0.1) is 0 Å². The summed E-state index contributed by atoms with van der Waals surface area (Å²) < 4.78 is 10.7. The summed E-state index contributed by atoms with van der Waals surface area (Å²) in [4.78, 5) is 35.5. The zero-order chi connectivity index (χ0) is 20.5. The molecule has 0 bridgehead atoms. The van der Waals surface area contributed by atoms with E-state index < -0.39 is 18.5 Å². The number of rotatable bonds is 8. The summed E-state index contributed by atoms with van der Waals surface area (Å²) in [6.45, 7) is -0.458. The summed E-state index contributed by atoms with van der Waals surface area (Å²) in [5.74, 6) is -1.01. The van der Waals surface area contributed by atoms with Gasteiger partial charge in [0.15, 0.2) is 6.61 Å². The minimum atomic E-state index is -0.654. The minimum Gasteiger partial charge on any atom is -0.495 e. The van der Waals surface area contributed by atoms with Crippen LogP contribution in [0, 0.1) is 0 Å². The van der Waals surface area contributed by atoms with E-state index in [0.717, 1.165) is 0 Å². The Morgan fingerprint density at radius 2 is 1.79 bits per heavy atom. The third-order valence-corrected chi connectivity index (χ3v) is 4.74. The second kappa shape index (κ2) is 10.7. The number of halogens is 2. The molecule has 0 atom stereocenters. The lowest BCUT2D eigenvalue weighted by Gasteiger charge is -2.10. The molecule has 148 valence electrons. The van der Waals surface area contributed by atoms with E-state index in [9.17, 15) is 14.4 Å². The van der Waals surface area contributed by atoms with E-state index in [2.05, 4.69) is 26.6 Å². The fourth-order valence-corrected chi connectivity index (χ4v) is 2.59. The summed E-state index contributed by atoms with van der Waals surface area (Å²) in [5.41, 5.74) is 0.987. The van der Waals surface area contributed by atoms with Gasteiger partial charge in [-0.1, -0.05) is 23.7 Å². The van der Waals surface area contributed by atoms with Gasteiger partial charge in [-0.25, -0.2) is 0 Å². The number of esters is 1. The van der Waals surface area contributed by atoms with E-state index in [1.165, 1.54) is 7.11 Å². The van der Waals surface area contributed by atoms with Crippen LogP contribution < -0.4 is 15.4 Å². The molecule has 2 rings (SSSR count). The molecule has 9 heteroatoms. The van der Waals surface area contributed by atoms with Crippen LogP contribution in [0.25, 0.3) is 0 Å². The van der Waals surface area contributed by atoms with Gasteiger partial charge < -0.3 is 20.1 Å². The number of nitrogens with one attached hydrogen (secondary N) is 2. The average molecular weight is 470 g/mol. The summed E-state index contributed by atoms with van der Waals surface area (Å²) in [6, 6.07) is 11.8. The molecule has 0 aliphatic rings. The molecule has 0 radical (unpaired) electrons. The quantitative estimate of drug-likeness (QED) is 0.570. The maximum atomic E-state index is 12.0. The Hall–Kier alpha value is -2.58. The van der Waals surface area contributed by atoms with Crippen LogP contribution in [-0.4, -0.2) is 31.5 Å². The number of anilines is 2. The Bertz CT molecular complexity index is 875. The molecule has 2 amide bonds. The first-order chi connectivity index (χ1) is 13.4. The highest BCUT2D eigenvalue weighted by Gasteiger charge is 2.12. The van der Waals surface area contributed by atoms with E-state index >= 15 is 0 Å². The van der Waals surface area contributed by atoms with Crippen molar-refractivity contribution in [1.82, 2.24) is 0 Å². The lowest BCUT2D eigenvalue weighted by molar-refractivity contribution is -0.147. The van der Waals surface area contributed by atoms with Crippen molar-refractivity contribution in [2.75, 3.05) is 24.4 Å². The first-order valence-corrected chi connectivity index (χ1v) is 9.39. The van der Waals surface area contributed by atoms with Crippen molar-refractivity contribution in [3.63, 3.8) is 0 Å². The first-order valence-electron chi connectivity index (χ1n) is 8.22. The second-order valence-electron chi connectivity index (χ2n) is 5.59.